The van der Waals surface area contributed by atoms with Gasteiger partial charge in [-0.25, -0.2) is 18.1 Å². The van der Waals surface area contributed by atoms with Gasteiger partial charge in [-0.15, -0.1) is 0 Å². The van der Waals surface area contributed by atoms with E-state index in [0.29, 0.717) is 12.4 Å². The third-order valence-corrected chi connectivity index (χ3v) is 5.30. The van der Waals surface area contributed by atoms with E-state index in [1.165, 1.54) is 0 Å². The fraction of sp³-hybridized carbons (Fsp3) is 0.615. The minimum Gasteiger partial charge on any atom is -0.369 e. The molecule has 1 unspecified atom stereocenters. The van der Waals surface area contributed by atoms with E-state index in [1.807, 2.05) is 13.8 Å². The molecule has 1 heterocycles. The van der Waals surface area contributed by atoms with Crippen LogP contribution >= 0.6 is 11.8 Å². The van der Waals surface area contributed by atoms with E-state index in [0.717, 1.165) is 17.9 Å². The lowest BCUT2D eigenvalue weighted by molar-refractivity contribution is 0.571. The first-order valence-electron chi connectivity index (χ1n) is 6.80. The fourth-order valence-electron chi connectivity index (χ4n) is 1.64. The number of thioether (sulfide) groups is 1. The van der Waals surface area contributed by atoms with Crippen LogP contribution in [0.1, 0.15) is 27.2 Å². The topological polar surface area (TPSA) is 71.1 Å². The first kappa shape index (κ1) is 17.3. The maximum atomic E-state index is 12.4. The van der Waals surface area contributed by atoms with Crippen molar-refractivity contribution in [1.82, 2.24) is 9.71 Å². The summed E-state index contributed by atoms with van der Waals surface area (Å²) in [6, 6.07) is 3.11. The van der Waals surface area contributed by atoms with Gasteiger partial charge in [-0.3, -0.25) is 0 Å². The van der Waals surface area contributed by atoms with E-state index in [9.17, 15) is 8.42 Å². The lowest BCUT2D eigenvalue weighted by Crippen LogP contribution is -2.34. The van der Waals surface area contributed by atoms with Gasteiger partial charge in [0.05, 0.1) is 0 Å². The summed E-state index contributed by atoms with van der Waals surface area (Å²) >= 11 is 1.71. The van der Waals surface area contributed by atoms with E-state index in [2.05, 4.69) is 21.9 Å². The van der Waals surface area contributed by atoms with Crippen LogP contribution < -0.4 is 10.0 Å². The van der Waals surface area contributed by atoms with Crippen LogP contribution in [0.4, 0.5) is 5.82 Å². The molecular weight excluding hydrogens is 294 g/mol. The van der Waals surface area contributed by atoms with Crippen LogP contribution in [0, 0.1) is 0 Å². The molecule has 0 aliphatic rings. The van der Waals surface area contributed by atoms with Crippen molar-refractivity contribution in [2.24, 2.45) is 0 Å². The van der Waals surface area contributed by atoms with Crippen molar-refractivity contribution in [3.8, 4) is 0 Å². The summed E-state index contributed by atoms with van der Waals surface area (Å²) in [5, 5.41) is 3.05. The van der Waals surface area contributed by atoms with Crippen molar-refractivity contribution in [2.45, 2.75) is 38.1 Å². The standard InChI is InChI=1S/C13H23N3O2S2/c1-4-8-14-13-12(7-6-9-15-13)20(17,18)16-11(3)10-19-5-2/h6-7,9,11,16H,4-5,8,10H2,1-3H3,(H,14,15). The van der Waals surface area contributed by atoms with Crippen LogP contribution in [0.5, 0.6) is 0 Å². The normalized spacial score (nSPS) is 13.2. The van der Waals surface area contributed by atoms with Gasteiger partial charge >= 0.3 is 0 Å². The van der Waals surface area contributed by atoms with Crippen LogP contribution in [0.25, 0.3) is 0 Å². The number of hydrogen-bond donors (Lipinski definition) is 2. The van der Waals surface area contributed by atoms with Gasteiger partial charge in [-0.1, -0.05) is 13.8 Å². The Morgan fingerprint density at radius 2 is 2.15 bits per heavy atom. The SMILES string of the molecule is CCCNc1ncccc1S(=O)(=O)NC(C)CSCC. The molecule has 2 N–H and O–H groups in total. The van der Waals surface area contributed by atoms with Gasteiger partial charge in [-0.05, 0) is 31.2 Å². The zero-order valence-electron chi connectivity index (χ0n) is 12.2. The molecule has 0 spiro atoms. The van der Waals surface area contributed by atoms with Gasteiger partial charge in [0.1, 0.15) is 10.7 Å². The van der Waals surface area contributed by atoms with Crippen molar-refractivity contribution in [1.29, 1.82) is 0 Å². The molecule has 114 valence electrons. The Morgan fingerprint density at radius 3 is 2.80 bits per heavy atom. The summed E-state index contributed by atoms with van der Waals surface area (Å²) in [5.74, 6) is 2.15. The van der Waals surface area contributed by atoms with Crippen molar-refractivity contribution >= 4 is 27.6 Å². The van der Waals surface area contributed by atoms with E-state index in [1.54, 1.807) is 30.1 Å². The van der Waals surface area contributed by atoms with E-state index < -0.39 is 10.0 Å². The lowest BCUT2D eigenvalue weighted by atomic mass is 10.4. The largest absolute Gasteiger partial charge is 0.369 e. The summed E-state index contributed by atoms with van der Waals surface area (Å²) in [7, 11) is -3.54. The smallest absolute Gasteiger partial charge is 0.244 e. The minimum absolute atomic E-state index is 0.107. The van der Waals surface area contributed by atoms with Gasteiger partial charge < -0.3 is 5.32 Å². The maximum absolute atomic E-state index is 12.4. The van der Waals surface area contributed by atoms with E-state index in [4.69, 9.17) is 0 Å². The highest BCUT2D eigenvalue weighted by Crippen LogP contribution is 2.18. The molecule has 20 heavy (non-hydrogen) atoms. The van der Waals surface area contributed by atoms with Gasteiger partial charge in [0.15, 0.2) is 0 Å². The molecule has 1 aromatic rings. The first-order valence-corrected chi connectivity index (χ1v) is 9.44. The average molecular weight is 317 g/mol. The molecule has 0 amide bonds. The minimum atomic E-state index is -3.54. The Hall–Kier alpha value is -0.790. The Morgan fingerprint density at radius 1 is 1.40 bits per heavy atom. The molecule has 0 saturated heterocycles. The maximum Gasteiger partial charge on any atom is 0.244 e. The third kappa shape index (κ3) is 5.30. The first-order chi connectivity index (χ1) is 9.51. The quantitative estimate of drug-likeness (QED) is 0.731. The summed E-state index contributed by atoms with van der Waals surface area (Å²) in [4.78, 5) is 4.33. The highest BCUT2D eigenvalue weighted by atomic mass is 32.2. The second kappa shape index (κ2) is 8.49. The Labute approximate surface area is 126 Å². The molecule has 0 radical (unpaired) electrons. The fourth-order valence-corrected chi connectivity index (χ4v) is 3.80. The lowest BCUT2D eigenvalue weighted by Gasteiger charge is -2.15. The molecule has 0 aromatic carbocycles. The zero-order chi connectivity index (χ0) is 15.0. The molecule has 1 rings (SSSR count). The molecule has 1 aromatic heterocycles. The van der Waals surface area contributed by atoms with Gasteiger partial charge in [0.25, 0.3) is 0 Å². The Bertz CT molecular complexity index is 506. The molecule has 1 atom stereocenters. The highest BCUT2D eigenvalue weighted by molar-refractivity contribution is 7.99. The van der Waals surface area contributed by atoms with Crippen LogP contribution in [0.15, 0.2) is 23.2 Å². The number of anilines is 1. The van der Waals surface area contributed by atoms with Crippen LogP contribution in [-0.4, -0.2) is 37.5 Å². The van der Waals surface area contributed by atoms with Crippen molar-refractivity contribution in [2.75, 3.05) is 23.4 Å². The predicted molar refractivity (Wildman–Crippen MR) is 85.8 cm³/mol. The van der Waals surface area contributed by atoms with Crippen LogP contribution in [0.3, 0.4) is 0 Å². The van der Waals surface area contributed by atoms with Crippen molar-refractivity contribution in [3.05, 3.63) is 18.3 Å². The number of nitrogens with one attached hydrogen (secondary N) is 2. The molecule has 5 nitrogen and oxygen atoms in total. The second-order valence-corrected chi connectivity index (χ2v) is 7.46. The number of sulfonamides is 1. The summed E-state index contributed by atoms with van der Waals surface area (Å²) < 4.78 is 27.5. The van der Waals surface area contributed by atoms with Crippen LogP contribution in [-0.2, 0) is 10.0 Å². The molecule has 0 bridgehead atoms. The Kier molecular flexibility index (Phi) is 7.32. The highest BCUT2D eigenvalue weighted by Gasteiger charge is 2.21. The zero-order valence-corrected chi connectivity index (χ0v) is 13.9. The summed E-state index contributed by atoms with van der Waals surface area (Å²) in [6.45, 7) is 6.64. The second-order valence-electron chi connectivity index (χ2n) is 4.46. The molecular formula is C13H23N3O2S2. The monoisotopic (exact) mass is 317 g/mol. The summed E-state index contributed by atoms with van der Waals surface area (Å²) in [5.41, 5.74) is 0. The molecule has 0 aliphatic heterocycles. The van der Waals surface area contributed by atoms with Crippen LogP contribution in [0.2, 0.25) is 0 Å². The molecule has 0 fully saturated rings. The van der Waals surface area contributed by atoms with Gasteiger partial charge in [-0.2, -0.15) is 11.8 Å². The predicted octanol–water partition coefficient (Wildman–Crippen LogP) is 2.32. The average Bonchev–Trinajstić information content (AvgIpc) is 2.42. The van der Waals surface area contributed by atoms with Crippen molar-refractivity contribution < 1.29 is 8.42 Å². The number of nitrogens with zero attached hydrogens (tertiary/aromatic N) is 1. The van der Waals surface area contributed by atoms with E-state index >= 15 is 0 Å². The number of pyridine rings is 1. The Balaban J connectivity index is 2.86. The number of rotatable bonds is 9. The van der Waals surface area contributed by atoms with Gasteiger partial charge in [0, 0.05) is 24.5 Å². The van der Waals surface area contributed by atoms with Crippen molar-refractivity contribution in [3.63, 3.8) is 0 Å². The molecule has 0 aliphatic carbocycles. The number of aromatic nitrogens is 1. The molecule has 7 heteroatoms. The third-order valence-electron chi connectivity index (χ3n) is 2.53. The van der Waals surface area contributed by atoms with Gasteiger partial charge in [0.2, 0.25) is 10.0 Å². The molecule has 0 saturated carbocycles. The number of hydrogen-bond acceptors (Lipinski definition) is 5. The van der Waals surface area contributed by atoms with E-state index in [-0.39, 0.29) is 10.9 Å². The summed E-state index contributed by atoms with van der Waals surface area (Å²) in [6.07, 6.45) is 2.50.